The molecule has 0 aliphatic rings. The third kappa shape index (κ3) is 12.0. The molecule has 0 aromatic carbocycles. The van der Waals surface area contributed by atoms with Crippen molar-refractivity contribution in [1.82, 2.24) is 0 Å². The van der Waals surface area contributed by atoms with Crippen molar-refractivity contribution in [3.63, 3.8) is 0 Å². The van der Waals surface area contributed by atoms with Crippen molar-refractivity contribution in [1.29, 1.82) is 0 Å². The summed E-state index contributed by atoms with van der Waals surface area (Å²) in [6, 6.07) is 0. The maximum Gasteiger partial charge on any atom is 0.334 e. The van der Waals surface area contributed by atoms with Crippen molar-refractivity contribution in [3.8, 4) is 0 Å². The number of carbonyl (C=O) groups excluding carboxylic acids is 1. The van der Waals surface area contributed by atoms with Crippen LogP contribution < -0.4 is 0 Å². The van der Waals surface area contributed by atoms with Crippen LogP contribution in [0.3, 0.4) is 0 Å². The van der Waals surface area contributed by atoms with E-state index >= 15 is 0 Å². The number of ether oxygens (including phenoxy) is 1. The number of carbonyl (C=O) groups is 2. The fourth-order valence-electron chi connectivity index (χ4n) is 2.04. The lowest BCUT2D eigenvalue weighted by Gasteiger charge is -2.14. The first kappa shape index (κ1) is 19.5. The Labute approximate surface area is 127 Å². The van der Waals surface area contributed by atoms with Crippen LogP contribution in [-0.2, 0) is 14.3 Å². The van der Waals surface area contributed by atoms with Gasteiger partial charge in [-0.3, -0.25) is 4.79 Å². The Kier molecular flexibility index (Phi) is 11.4. The van der Waals surface area contributed by atoms with Gasteiger partial charge in [0.15, 0.2) is 0 Å². The molecule has 0 aliphatic heterocycles. The topological polar surface area (TPSA) is 83.8 Å². The molecule has 2 N–H and O–H groups in total. The van der Waals surface area contributed by atoms with Crippen LogP contribution in [0, 0.1) is 0 Å². The summed E-state index contributed by atoms with van der Waals surface area (Å²) in [7, 11) is 0. The van der Waals surface area contributed by atoms with Crippen LogP contribution in [0.2, 0.25) is 0 Å². The van der Waals surface area contributed by atoms with Gasteiger partial charge in [0.1, 0.15) is 6.10 Å². The summed E-state index contributed by atoms with van der Waals surface area (Å²) in [5.41, 5.74) is 0. The SMILES string of the molecule is CCCCCCCC(O)=CC(=O)OC(CCC)CC(=O)O. The Hall–Kier alpha value is -1.52. The van der Waals surface area contributed by atoms with Crippen molar-refractivity contribution in [2.75, 3.05) is 0 Å². The number of aliphatic carboxylic acids is 1. The second-order valence-electron chi connectivity index (χ2n) is 5.25. The van der Waals surface area contributed by atoms with Gasteiger partial charge in [0.2, 0.25) is 0 Å². The van der Waals surface area contributed by atoms with E-state index in [0.717, 1.165) is 38.2 Å². The summed E-state index contributed by atoms with van der Waals surface area (Å²) in [6.07, 6.45) is 7.26. The lowest BCUT2D eigenvalue weighted by atomic mass is 10.1. The zero-order valence-electron chi connectivity index (χ0n) is 13.1. The first-order valence-electron chi connectivity index (χ1n) is 7.81. The van der Waals surface area contributed by atoms with Crippen LogP contribution in [0.5, 0.6) is 0 Å². The van der Waals surface area contributed by atoms with Crippen LogP contribution in [0.4, 0.5) is 0 Å². The average Bonchev–Trinajstić information content (AvgIpc) is 2.37. The van der Waals surface area contributed by atoms with Crippen LogP contribution in [0.15, 0.2) is 11.8 Å². The van der Waals surface area contributed by atoms with E-state index in [2.05, 4.69) is 6.92 Å². The summed E-state index contributed by atoms with van der Waals surface area (Å²) < 4.78 is 5.06. The molecule has 0 radical (unpaired) electrons. The fraction of sp³-hybridized carbons (Fsp3) is 0.750. The highest BCUT2D eigenvalue weighted by atomic mass is 16.5. The second-order valence-corrected chi connectivity index (χ2v) is 5.25. The van der Waals surface area contributed by atoms with E-state index in [-0.39, 0.29) is 12.2 Å². The first-order chi connectivity index (χ1) is 9.99. The molecule has 1 unspecified atom stereocenters. The highest BCUT2D eigenvalue weighted by Crippen LogP contribution is 2.11. The zero-order chi connectivity index (χ0) is 16.1. The minimum Gasteiger partial charge on any atom is -0.512 e. The second kappa shape index (κ2) is 12.2. The van der Waals surface area contributed by atoms with Gasteiger partial charge in [-0.15, -0.1) is 0 Å². The molecule has 0 saturated carbocycles. The van der Waals surface area contributed by atoms with Crippen molar-refractivity contribution in [2.45, 2.75) is 77.7 Å². The smallest absolute Gasteiger partial charge is 0.334 e. The van der Waals surface area contributed by atoms with Gasteiger partial charge in [0, 0.05) is 6.42 Å². The molecule has 0 aliphatic carbocycles. The summed E-state index contributed by atoms with van der Waals surface area (Å²) in [5, 5.41) is 18.4. The van der Waals surface area contributed by atoms with Crippen LogP contribution >= 0.6 is 0 Å². The van der Waals surface area contributed by atoms with Gasteiger partial charge >= 0.3 is 11.9 Å². The number of rotatable bonds is 12. The van der Waals surface area contributed by atoms with Crippen LogP contribution in [-0.4, -0.2) is 28.3 Å². The normalized spacial score (nSPS) is 13.0. The highest BCUT2D eigenvalue weighted by molar-refractivity contribution is 5.82. The van der Waals surface area contributed by atoms with Crippen molar-refractivity contribution < 1.29 is 24.5 Å². The molecule has 0 spiro atoms. The predicted octanol–water partition coefficient (Wildman–Crippen LogP) is 3.98. The molecule has 21 heavy (non-hydrogen) atoms. The zero-order valence-corrected chi connectivity index (χ0v) is 13.1. The molecule has 0 aromatic heterocycles. The van der Waals surface area contributed by atoms with E-state index in [1.165, 1.54) is 6.42 Å². The minimum atomic E-state index is -0.995. The lowest BCUT2D eigenvalue weighted by Crippen LogP contribution is -2.20. The van der Waals surface area contributed by atoms with Crippen molar-refractivity contribution in [3.05, 3.63) is 11.8 Å². The molecule has 0 amide bonds. The Bertz CT molecular complexity index is 336. The number of carboxylic acid groups (broad SMARTS) is 1. The molecule has 0 rings (SSSR count). The molecule has 0 fully saturated rings. The monoisotopic (exact) mass is 300 g/mol. The standard InChI is InChI=1S/C16H28O5/c1-3-5-6-7-8-10-13(17)11-16(20)21-14(9-4-2)12-15(18)19/h11,14,17H,3-10,12H2,1-2H3,(H,18,19). The van der Waals surface area contributed by atoms with Crippen molar-refractivity contribution >= 4 is 11.9 Å². The molecule has 5 heteroatoms. The number of aliphatic hydroxyl groups is 1. The van der Waals surface area contributed by atoms with E-state index in [0.29, 0.717) is 12.8 Å². The average molecular weight is 300 g/mol. The molecule has 0 bridgehead atoms. The summed E-state index contributed by atoms with van der Waals surface area (Å²) in [5.74, 6) is -1.66. The van der Waals surface area contributed by atoms with Crippen LogP contribution in [0.1, 0.15) is 71.6 Å². The number of carboxylic acids is 1. The van der Waals surface area contributed by atoms with Crippen molar-refractivity contribution in [2.24, 2.45) is 0 Å². The summed E-state index contributed by atoms with van der Waals surface area (Å²) >= 11 is 0. The molecule has 0 aromatic rings. The maximum absolute atomic E-state index is 11.6. The third-order valence-electron chi connectivity index (χ3n) is 3.12. The van der Waals surface area contributed by atoms with E-state index < -0.39 is 18.0 Å². The number of hydrogen-bond donors (Lipinski definition) is 2. The Morgan fingerprint density at radius 3 is 2.29 bits per heavy atom. The lowest BCUT2D eigenvalue weighted by molar-refractivity contribution is -0.148. The first-order valence-corrected chi connectivity index (χ1v) is 7.81. The number of hydrogen-bond acceptors (Lipinski definition) is 4. The molecular weight excluding hydrogens is 272 g/mol. The molecule has 122 valence electrons. The predicted molar refractivity (Wildman–Crippen MR) is 81.1 cm³/mol. The number of allylic oxidation sites excluding steroid dienone is 1. The van der Waals surface area contributed by atoms with Gasteiger partial charge in [0.25, 0.3) is 0 Å². The molecule has 1 atom stereocenters. The van der Waals surface area contributed by atoms with Gasteiger partial charge in [0.05, 0.1) is 18.3 Å². The number of aliphatic hydroxyl groups excluding tert-OH is 1. The van der Waals surface area contributed by atoms with E-state index in [9.17, 15) is 14.7 Å². The minimum absolute atomic E-state index is 0.00192. The Morgan fingerprint density at radius 2 is 1.71 bits per heavy atom. The quantitative estimate of drug-likeness (QED) is 0.246. The molecule has 0 heterocycles. The van der Waals surface area contributed by atoms with Crippen LogP contribution in [0.25, 0.3) is 0 Å². The maximum atomic E-state index is 11.6. The largest absolute Gasteiger partial charge is 0.512 e. The van der Waals surface area contributed by atoms with Gasteiger partial charge in [-0.25, -0.2) is 4.79 Å². The third-order valence-corrected chi connectivity index (χ3v) is 3.12. The summed E-state index contributed by atoms with van der Waals surface area (Å²) in [4.78, 5) is 22.3. The molecule has 0 saturated heterocycles. The van der Waals surface area contributed by atoms with Gasteiger partial charge in [-0.1, -0.05) is 46.0 Å². The van der Waals surface area contributed by atoms with Gasteiger partial charge < -0.3 is 14.9 Å². The fourth-order valence-corrected chi connectivity index (χ4v) is 2.04. The molecular formula is C16H28O5. The number of esters is 1. The summed E-state index contributed by atoms with van der Waals surface area (Å²) in [6.45, 7) is 4.03. The van der Waals surface area contributed by atoms with E-state index in [1.807, 2.05) is 6.92 Å². The molecule has 5 nitrogen and oxygen atoms in total. The highest BCUT2D eigenvalue weighted by Gasteiger charge is 2.16. The Morgan fingerprint density at radius 1 is 1.05 bits per heavy atom. The Balaban J connectivity index is 4.11. The van der Waals surface area contributed by atoms with E-state index in [4.69, 9.17) is 9.84 Å². The van der Waals surface area contributed by atoms with Gasteiger partial charge in [-0.2, -0.15) is 0 Å². The number of unbranched alkanes of at least 4 members (excludes halogenated alkanes) is 4. The van der Waals surface area contributed by atoms with E-state index in [1.54, 1.807) is 0 Å². The van der Waals surface area contributed by atoms with Gasteiger partial charge in [-0.05, 0) is 12.8 Å².